The van der Waals surface area contributed by atoms with Crippen molar-refractivity contribution in [3.05, 3.63) is 42.0 Å². The van der Waals surface area contributed by atoms with Crippen molar-refractivity contribution in [2.45, 2.75) is 12.2 Å². The van der Waals surface area contributed by atoms with E-state index in [-0.39, 0.29) is 13.2 Å². The van der Waals surface area contributed by atoms with Gasteiger partial charge in [-0.05, 0) is 12.1 Å². The van der Waals surface area contributed by atoms with Crippen molar-refractivity contribution >= 4 is 5.97 Å². The van der Waals surface area contributed by atoms with Gasteiger partial charge in [0.05, 0.1) is 6.61 Å². The highest BCUT2D eigenvalue weighted by Crippen LogP contribution is 2.28. The van der Waals surface area contributed by atoms with Crippen LogP contribution in [0.3, 0.4) is 0 Å². The van der Waals surface area contributed by atoms with Crippen LogP contribution in [0.1, 0.15) is 11.7 Å². The van der Waals surface area contributed by atoms with Gasteiger partial charge in [0.2, 0.25) is 0 Å². The highest BCUT2D eigenvalue weighted by molar-refractivity contribution is 5.79. The largest absolute Gasteiger partial charge is 0.491 e. The highest BCUT2D eigenvalue weighted by atomic mass is 16.5. The number of methoxy groups -OCH3 is 1. The molecular weight excluding hydrogens is 264 g/mol. The van der Waals surface area contributed by atoms with Crippen molar-refractivity contribution < 1.29 is 29.6 Å². The van der Waals surface area contributed by atoms with E-state index < -0.39 is 18.2 Å². The van der Waals surface area contributed by atoms with Crippen LogP contribution < -0.4 is 4.74 Å². The Morgan fingerprint density at radius 1 is 1.40 bits per heavy atom. The summed E-state index contributed by atoms with van der Waals surface area (Å²) in [6, 6.07) is 6.76. The van der Waals surface area contributed by atoms with Gasteiger partial charge in [0.25, 0.3) is 0 Å². The van der Waals surface area contributed by atoms with E-state index in [9.17, 15) is 9.90 Å². The molecule has 0 unspecified atom stereocenters. The molecule has 0 aliphatic carbocycles. The van der Waals surface area contributed by atoms with E-state index in [1.807, 2.05) is 0 Å². The fourth-order valence-corrected chi connectivity index (χ4v) is 1.68. The molecule has 3 N–H and O–H groups in total. The van der Waals surface area contributed by atoms with Crippen molar-refractivity contribution in [2.24, 2.45) is 0 Å². The maximum Gasteiger partial charge on any atom is 0.328 e. The summed E-state index contributed by atoms with van der Waals surface area (Å²) in [7, 11) is 1.37. The van der Waals surface area contributed by atoms with Crippen molar-refractivity contribution in [1.82, 2.24) is 0 Å². The molecule has 6 nitrogen and oxygen atoms in total. The van der Waals surface area contributed by atoms with Gasteiger partial charge in [-0.15, -0.1) is 0 Å². The number of aliphatic hydroxyl groups is 2. The first kappa shape index (κ1) is 16.2. The van der Waals surface area contributed by atoms with E-state index in [4.69, 9.17) is 19.7 Å². The lowest BCUT2D eigenvalue weighted by molar-refractivity contribution is -0.131. The van der Waals surface area contributed by atoms with Crippen LogP contribution in [0.2, 0.25) is 0 Å². The minimum atomic E-state index is -1.12. The van der Waals surface area contributed by atoms with E-state index in [1.54, 1.807) is 24.3 Å². The van der Waals surface area contributed by atoms with Crippen LogP contribution >= 0.6 is 0 Å². The SMILES string of the molecule is CO[C@H](/C=C/C(=O)O)[C@H](O)c1ccccc1OCCO. The molecule has 6 heteroatoms. The van der Waals surface area contributed by atoms with Crippen molar-refractivity contribution in [3.8, 4) is 5.75 Å². The van der Waals surface area contributed by atoms with Crippen molar-refractivity contribution in [3.63, 3.8) is 0 Å². The second kappa shape index (κ2) is 8.31. The maximum atomic E-state index is 10.5. The molecular formula is C14H18O6. The summed E-state index contributed by atoms with van der Waals surface area (Å²) in [4.78, 5) is 10.5. The lowest BCUT2D eigenvalue weighted by Crippen LogP contribution is -2.20. The van der Waals surface area contributed by atoms with E-state index in [0.29, 0.717) is 11.3 Å². The van der Waals surface area contributed by atoms with Gasteiger partial charge in [-0.2, -0.15) is 0 Å². The number of carboxylic acids is 1. The van der Waals surface area contributed by atoms with Gasteiger partial charge in [0, 0.05) is 18.7 Å². The summed E-state index contributed by atoms with van der Waals surface area (Å²) in [6.07, 6.45) is 0.278. The molecule has 20 heavy (non-hydrogen) atoms. The first-order valence-corrected chi connectivity index (χ1v) is 6.04. The molecule has 0 fully saturated rings. The first-order chi connectivity index (χ1) is 9.60. The fourth-order valence-electron chi connectivity index (χ4n) is 1.68. The standard InChI is InChI=1S/C14H18O6/c1-19-12(6-7-13(16)17)14(18)10-4-2-3-5-11(10)20-9-8-15/h2-7,12,14-15,18H,8-9H2,1H3,(H,16,17)/b7-6+/t12-,14-/m1/s1. The second-order valence-corrected chi connectivity index (χ2v) is 3.95. The number of rotatable bonds is 8. The highest BCUT2D eigenvalue weighted by Gasteiger charge is 2.21. The summed E-state index contributed by atoms with van der Waals surface area (Å²) >= 11 is 0. The van der Waals surface area contributed by atoms with Crippen LogP contribution in [-0.2, 0) is 9.53 Å². The Labute approximate surface area is 116 Å². The number of carboxylic acid groups (broad SMARTS) is 1. The van der Waals surface area contributed by atoms with E-state index in [0.717, 1.165) is 6.08 Å². The van der Waals surface area contributed by atoms with Gasteiger partial charge in [0.15, 0.2) is 0 Å². The maximum absolute atomic E-state index is 10.5. The van der Waals surface area contributed by atoms with E-state index in [2.05, 4.69) is 0 Å². The summed E-state index contributed by atoms with van der Waals surface area (Å²) in [5, 5.41) is 27.6. The molecule has 0 aromatic heterocycles. The zero-order chi connectivity index (χ0) is 15.0. The minimum absolute atomic E-state index is 0.104. The Bertz CT molecular complexity index is 457. The molecule has 110 valence electrons. The number of benzene rings is 1. The van der Waals surface area contributed by atoms with Crippen LogP contribution in [0.4, 0.5) is 0 Å². The fraction of sp³-hybridized carbons (Fsp3) is 0.357. The molecule has 1 aromatic rings. The number of carbonyl (C=O) groups is 1. The minimum Gasteiger partial charge on any atom is -0.491 e. The molecule has 0 aliphatic rings. The molecule has 1 rings (SSSR count). The Balaban J connectivity index is 2.93. The molecule has 0 saturated carbocycles. The Morgan fingerprint density at radius 3 is 2.70 bits per heavy atom. The van der Waals surface area contributed by atoms with Gasteiger partial charge in [-0.25, -0.2) is 4.79 Å². The monoisotopic (exact) mass is 282 g/mol. The average molecular weight is 282 g/mol. The predicted molar refractivity (Wildman–Crippen MR) is 71.6 cm³/mol. The van der Waals surface area contributed by atoms with Crippen molar-refractivity contribution in [1.29, 1.82) is 0 Å². The third kappa shape index (κ3) is 4.65. The summed E-state index contributed by atoms with van der Waals surface area (Å²) in [5.41, 5.74) is 0.461. The normalized spacial score (nSPS) is 14.2. The Kier molecular flexibility index (Phi) is 6.72. The quantitative estimate of drug-likeness (QED) is 0.609. The summed E-state index contributed by atoms with van der Waals surface area (Å²) in [5.74, 6) is -0.705. The number of hydrogen-bond acceptors (Lipinski definition) is 5. The molecule has 0 amide bonds. The molecule has 0 heterocycles. The zero-order valence-electron chi connectivity index (χ0n) is 11.1. The average Bonchev–Trinajstić information content (AvgIpc) is 2.45. The van der Waals surface area contributed by atoms with Gasteiger partial charge in [0.1, 0.15) is 24.6 Å². The third-order valence-electron chi connectivity index (χ3n) is 2.60. The summed E-state index contributed by atoms with van der Waals surface area (Å²) < 4.78 is 10.4. The third-order valence-corrected chi connectivity index (χ3v) is 2.60. The van der Waals surface area contributed by atoms with Crippen LogP contribution in [0.5, 0.6) is 5.75 Å². The van der Waals surface area contributed by atoms with E-state index in [1.165, 1.54) is 13.2 Å². The topological polar surface area (TPSA) is 96.2 Å². The smallest absolute Gasteiger partial charge is 0.328 e. The van der Waals surface area contributed by atoms with Crippen LogP contribution in [-0.4, -0.2) is 47.7 Å². The number of aliphatic hydroxyl groups excluding tert-OH is 2. The molecule has 1 aromatic carbocycles. The predicted octanol–water partition coefficient (Wildman–Crippen LogP) is 0.747. The van der Waals surface area contributed by atoms with Gasteiger partial charge in [-0.3, -0.25) is 0 Å². The lowest BCUT2D eigenvalue weighted by atomic mass is 10.0. The molecule has 0 bridgehead atoms. The van der Waals surface area contributed by atoms with Crippen LogP contribution in [0.25, 0.3) is 0 Å². The Hall–Kier alpha value is -1.89. The van der Waals surface area contributed by atoms with E-state index >= 15 is 0 Å². The molecule has 0 aliphatic heterocycles. The lowest BCUT2D eigenvalue weighted by Gasteiger charge is -2.21. The number of hydrogen-bond donors (Lipinski definition) is 3. The number of aliphatic carboxylic acids is 1. The molecule has 0 spiro atoms. The van der Waals surface area contributed by atoms with Gasteiger partial charge >= 0.3 is 5.97 Å². The van der Waals surface area contributed by atoms with Crippen LogP contribution in [0.15, 0.2) is 36.4 Å². The zero-order valence-corrected chi connectivity index (χ0v) is 11.1. The second-order valence-electron chi connectivity index (χ2n) is 3.95. The molecule has 0 radical (unpaired) electrons. The first-order valence-electron chi connectivity index (χ1n) is 6.04. The molecule has 0 saturated heterocycles. The van der Waals surface area contributed by atoms with Gasteiger partial charge in [-0.1, -0.05) is 18.2 Å². The Morgan fingerprint density at radius 2 is 2.10 bits per heavy atom. The van der Waals surface area contributed by atoms with Crippen LogP contribution in [0, 0.1) is 0 Å². The molecule has 2 atom stereocenters. The van der Waals surface area contributed by atoms with Crippen molar-refractivity contribution in [2.75, 3.05) is 20.3 Å². The number of para-hydroxylation sites is 1. The summed E-state index contributed by atoms with van der Waals surface area (Å²) in [6.45, 7) is -0.0383. The van der Waals surface area contributed by atoms with Gasteiger partial charge < -0.3 is 24.8 Å². The number of ether oxygens (including phenoxy) is 2.